The van der Waals surface area contributed by atoms with Crippen LogP contribution in [0, 0.1) is 13.8 Å². The molecule has 0 spiro atoms. The average Bonchev–Trinajstić information content (AvgIpc) is 2.27. The van der Waals surface area contributed by atoms with Crippen molar-refractivity contribution in [2.75, 3.05) is 5.32 Å². The van der Waals surface area contributed by atoms with Crippen LogP contribution in [0.3, 0.4) is 0 Å². The molecule has 0 aliphatic rings. The Morgan fingerprint density at radius 2 is 1.95 bits per heavy atom. The van der Waals surface area contributed by atoms with Crippen LogP contribution in [0.5, 0.6) is 5.75 Å². The number of benzene rings is 1. The molecular formula is C14H19NO4. The number of aldehydes is 1. The van der Waals surface area contributed by atoms with E-state index in [1.165, 1.54) is 0 Å². The zero-order valence-electron chi connectivity index (χ0n) is 11.8. The quantitative estimate of drug-likeness (QED) is 0.636. The van der Waals surface area contributed by atoms with Gasteiger partial charge in [0.1, 0.15) is 11.4 Å². The minimum Gasteiger partial charge on any atom is -0.505 e. The van der Waals surface area contributed by atoms with Gasteiger partial charge in [-0.3, -0.25) is 10.1 Å². The van der Waals surface area contributed by atoms with Crippen molar-refractivity contribution in [3.05, 3.63) is 22.8 Å². The van der Waals surface area contributed by atoms with Crippen LogP contribution >= 0.6 is 0 Å². The van der Waals surface area contributed by atoms with Gasteiger partial charge in [0, 0.05) is 0 Å². The van der Waals surface area contributed by atoms with Gasteiger partial charge in [0.05, 0.1) is 11.3 Å². The summed E-state index contributed by atoms with van der Waals surface area (Å²) in [5, 5.41) is 12.4. The number of phenolic OH excluding ortho intramolecular Hbond substituents is 1. The lowest BCUT2D eigenvalue weighted by molar-refractivity contribution is 0.0635. The van der Waals surface area contributed by atoms with Gasteiger partial charge in [-0.15, -0.1) is 0 Å². The largest absolute Gasteiger partial charge is 0.505 e. The first-order chi connectivity index (χ1) is 8.65. The van der Waals surface area contributed by atoms with Crippen molar-refractivity contribution in [3.8, 4) is 5.75 Å². The normalized spacial score (nSPS) is 11.0. The second-order valence-corrected chi connectivity index (χ2v) is 5.38. The topological polar surface area (TPSA) is 75.6 Å². The van der Waals surface area contributed by atoms with E-state index >= 15 is 0 Å². The summed E-state index contributed by atoms with van der Waals surface area (Å²) in [4.78, 5) is 22.6. The molecule has 0 bridgehead atoms. The summed E-state index contributed by atoms with van der Waals surface area (Å²) in [6, 6.07) is 1.57. The van der Waals surface area contributed by atoms with Gasteiger partial charge in [-0.2, -0.15) is 0 Å². The van der Waals surface area contributed by atoms with Crippen molar-refractivity contribution in [3.63, 3.8) is 0 Å². The van der Waals surface area contributed by atoms with Gasteiger partial charge in [0.15, 0.2) is 6.29 Å². The molecule has 0 aliphatic carbocycles. The van der Waals surface area contributed by atoms with E-state index in [-0.39, 0.29) is 17.0 Å². The Bertz CT molecular complexity index is 515. The zero-order valence-corrected chi connectivity index (χ0v) is 11.8. The number of anilines is 1. The molecule has 0 saturated heterocycles. The molecule has 1 aromatic rings. The van der Waals surface area contributed by atoms with E-state index in [1.807, 2.05) is 0 Å². The predicted octanol–water partition coefficient (Wildman–Crippen LogP) is 3.17. The lowest BCUT2D eigenvalue weighted by Gasteiger charge is -2.21. The molecule has 2 N–H and O–H groups in total. The van der Waals surface area contributed by atoms with Gasteiger partial charge in [-0.05, 0) is 51.8 Å². The van der Waals surface area contributed by atoms with E-state index in [0.29, 0.717) is 11.8 Å². The smallest absolute Gasteiger partial charge is 0.412 e. The molecule has 0 fully saturated rings. The monoisotopic (exact) mass is 265 g/mol. The Balaban J connectivity index is 3.10. The third-order valence-corrected chi connectivity index (χ3v) is 2.60. The zero-order chi connectivity index (χ0) is 14.8. The first kappa shape index (κ1) is 15.0. The fourth-order valence-corrected chi connectivity index (χ4v) is 1.58. The summed E-state index contributed by atoms with van der Waals surface area (Å²) in [5.41, 5.74) is 1.19. The van der Waals surface area contributed by atoms with Crippen LogP contribution in [0.1, 0.15) is 42.3 Å². The molecule has 0 heterocycles. The molecule has 0 radical (unpaired) electrons. The van der Waals surface area contributed by atoms with Crippen molar-refractivity contribution in [2.45, 2.75) is 40.2 Å². The second kappa shape index (κ2) is 5.30. The Morgan fingerprint density at radius 3 is 2.42 bits per heavy atom. The number of hydrogen-bond donors (Lipinski definition) is 2. The number of phenols is 1. The van der Waals surface area contributed by atoms with Crippen LogP contribution in [-0.2, 0) is 4.74 Å². The molecule has 104 valence electrons. The highest BCUT2D eigenvalue weighted by atomic mass is 16.6. The summed E-state index contributed by atoms with van der Waals surface area (Å²) in [5.74, 6) is -0.246. The number of hydrogen-bond acceptors (Lipinski definition) is 4. The number of amides is 1. The highest BCUT2D eigenvalue weighted by Crippen LogP contribution is 2.33. The van der Waals surface area contributed by atoms with Gasteiger partial charge >= 0.3 is 6.09 Å². The fourth-order valence-electron chi connectivity index (χ4n) is 1.58. The van der Waals surface area contributed by atoms with E-state index < -0.39 is 11.7 Å². The lowest BCUT2D eigenvalue weighted by atomic mass is 10.0. The second-order valence-electron chi connectivity index (χ2n) is 5.38. The molecular weight excluding hydrogens is 246 g/mol. The van der Waals surface area contributed by atoms with Crippen molar-refractivity contribution < 1.29 is 19.4 Å². The van der Waals surface area contributed by atoms with Crippen LogP contribution in [-0.4, -0.2) is 23.1 Å². The summed E-state index contributed by atoms with van der Waals surface area (Å²) in [6.45, 7) is 8.77. The molecule has 0 atom stereocenters. The van der Waals surface area contributed by atoms with Crippen LogP contribution in [0.4, 0.5) is 10.5 Å². The SMILES string of the molecule is Cc1cc(C=O)c(O)c(NC(=O)OC(C)(C)C)c1C. The number of carbonyl (C=O) groups is 2. The van der Waals surface area contributed by atoms with Crippen molar-refractivity contribution >= 4 is 18.1 Å². The molecule has 19 heavy (non-hydrogen) atoms. The molecule has 1 rings (SSSR count). The predicted molar refractivity (Wildman–Crippen MR) is 72.8 cm³/mol. The standard InChI is InChI=1S/C14H19NO4/c1-8-6-10(7-16)12(17)11(9(8)2)15-13(18)19-14(3,4)5/h6-7,17H,1-5H3,(H,15,18). The fraction of sp³-hybridized carbons (Fsp3) is 0.429. The Labute approximate surface area is 112 Å². The van der Waals surface area contributed by atoms with Crippen LogP contribution in [0.25, 0.3) is 0 Å². The Morgan fingerprint density at radius 1 is 1.37 bits per heavy atom. The lowest BCUT2D eigenvalue weighted by Crippen LogP contribution is -2.27. The summed E-state index contributed by atoms with van der Waals surface area (Å²) in [6.07, 6.45) is -0.129. The Kier molecular flexibility index (Phi) is 4.19. The summed E-state index contributed by atoms with van der Waals surface area (Å²) >= 11 is 0. The molecule has 1 amide bonds. The third kappa shape index (κ3) is 3.71. The highest BCUT2D eigenvalue weighted by Gasteiger charge is 2.20. The Hall–Kier alpha value is -2.04. The van der Waals surface area contributed by atoms with Crippen LogP contribution in [0.2, 0.25) is 0 Å². The molecule has 1 aromatic carbocycles. The number of nitrogens with one attached hydrogen (secondary N) is 1. The molecule has 5 nitrogen and oxygen atoms in total. The average molecular weight is 265 g/mol. The van der Waals surface area contributed by atoms with Gasteiger partial charge in [0.2, 0.25) is 0 Å². The van der Waals surface area contributed by atoms with E-state index in [1.54, 1.807) is 40.7 Å². The maximum absolute atomic E-state index is 11.7. The number of aryl methyl sites for hydroxylation is 1. The highest BCUT2D eigenvalue weighted by molar-refractivity contribution is 5.93. The van der Waals surface area contributed by atoms with Gasteiger partial charge in [-0.25, -0.2) is 4.79 Å². The molecule has 5 heteroatoms. The van der Waals surface area contributed by atoms with Gasteiger partial charge in [-0.1, -0.05) is 0 Å². The molecule has 0 saturated carbocycles. The number of aromatic hydroxyl groups is 1. The van der Waals surface area contributed by atoms with Crippen molar-refractivity contribution in [1.82, 2.24) is 0 Å². The number of ether oxygens (including phenoxy) is 1. The maximum atomic E-state index is 11.7. The minimum absolute atomic E-state index is 0.133. The van der Waals surface area contributed by atoms with Crippen molar-refractivity contribution in [1.29, 1.82) is 0 Å². The van der Waals surface area contributed by atoms with Crippen LogP contribution in [0.15, 0.2) is 6.07 Å². The molecule has 0 unspecified atom stereocenters. The van der Waals surface area contributed by atoms with Crippen molar-refractivity contribution in [2.24, 2.45) is 0 Å². The van der Waals surface area contributed by atoms with Gasteiger partial charge < -0.3 is 9.84 Å². The maximum Gasteiger partial charge on any atom is 0.412 e. The third-order valence-electron chi connectivity index (χ3n) is 2.60. The van der Waals surface area contributed by atoms with E-state index in [2.05, 4.69) is 5.32 Å². The van der Waals surface area contributed by atoms with Gasteiger partial charge in [0.25, 0.3) is 0 Å². The van der Waals surface area contributed by atoms with Crippen LogP contribution < -0.4 is 5.32 Å². The first-order valence-electron chi connectivity index (χ1n) is 5.94. The molecule has 0 aliphatic heterocycles. The van der Waals surface area contributed by atoms with E-state index in [9.17, 15) is 14.7 Å². The first-order valence-corrected chi connectivity index (χ1v) is 5.94. The molecule has 0 aromatic heterocycles. The summed E-state index contributed by atoms with van der Waals surface area (Å²) in [7, 11) is 0. The van der Waals surface area contributed by atoms with E-state index in [4.69, 9.17) is 4.74 Å². The minimum atomic E-state index is -0.673. The number of rotatable bonds is 2. The summed E-state index contributed by atoms with van der Waals surface area (Å²) < 4.78 is 5.12. The number of carbonyl (C=O) groups excluding carboxylic acids is 2. The van der Waals surface area contributed by atoms with E-state index in [0.717, 1.165) is 5.56 Å².